The van der Waals surface area contributed by atoms with Gasteiger partial charge in [-0.1, -0.05) is 55.2 Å². The molecule has 7 nitrogen and oxygen atoms in total. The van der Waals surface area contributed by atoms with Gasteiger partial charge in [-0.2, -0.15) is 0 Å². The van der Waals surface area contributed by atoms with Crippen LogP contribution in [0.3, 0.4) is 0 Å². The Morgan fingerprint density at radius 1 is 1.00 bits per heavy atom. The molecule has 1 N–H and O–H groups in total. The number of amides is 2. The quantitative estimate of drug-likeness (QED) is 0.472. The Kier molecular flexibility index (Phi) is 10.2. The van der Waals surface area contributed by atoms with Crippen LogP contribution >= 0.6 is 23.2 Å². The van der Waals surface area contributed by atoms with E-state index < -0.39 is 28.5 Å². The molecule has 0 fully saturated rings. The summed E-state index contributed by atoms with van der Waals surface area (Å²) in [6.07, 6.45) is 2.17. The molecule has 186 valence electrons. The van der Waals surface area contributed by atoms with E-state index in [9.17, 15) is 18.0 Å². The van der Waals surface area contributed by atoms with Crippen molar-refractivity contribution in [1.82, 2.24) is 10.2 Å². The number of rotatable bonds is 11. The molecule has 0 aromatic heterocycles. The first-order valence-electron chi connectivity index (χ1n) is 11.1. The van der Waals surface area contributed by atoms with Gasteiger partial charge in [0.2, 0.25) is 21.8 Å². The molecule has 0 radical (unpaired) electrons. The van der Waals surface area contributed by atoms with Gasteiger partial charge >= 0.3 is 0 Å². The van der Waals surface area contributed by atoms with E-state index in [-0.39, 0.29) is 12.5 Å². The number of nitrogens with zero attached hydrogens (tertiary/aromatic N) is 2. The van der Waals surface area contributed by atoms with Crippen molar-refractivity contribution in [3.63, 3.8) is 0 Å². The average Bonchev–Trinajstić information content (AvgIpc) is 2.78. The van der Waals surface area contributed by atoms with E-state index in [1.807, 2.05) is 19.1 Å². The number of nitrogens with one attached hydrogen (secondary N) is 1. The largest absolute Gasteiger partial charge is 0.355 e. The lowest BCUT2D eigenvalue weighted by molar-refractivity contribution is -0.140. The van der Waals surface area contributed by atoms with E-state index in [2.05, 4.69) is 5.32 Å². The number of carbonyl (C=O) groups is 2. The Labute approximate surface area is 212 Å². The fourth-order valence-electron chi connectivity index (χ4n) is 3.58. The minimum absolute atomic E-state index is 0.0423. The minimum atomic E-state index is -3.79. The zero-order valence-electron chi connectivity index (χ0n) is 19.8. The zero-order valence-corrected chi connectivity index (χ0v) is 22.2. The number of halogens is 2. The van der Waals surface area contributed by atoms with Gasteiger partial charge in [0, 0.05) is 28.7 Å². The number of benzene rings is 2. The lowest BCUT2D eigenvalue weighted by Crippen LogP contribution is -2.52. The van der Waals surface area contributed by atoms with Crippen LogP contribution in [0.5, 0.6) is 0 Å². The van der Waals surface area contributed by atoms with E-state index in [1.165, 1.54) is 4.90 Å². The standard InChI is InChI=1S/C24H31Cl2N3O4S/c1-5-17-11-13-18(14-12-17)29(34(4,32)33)16-23(30)28(22(6-2)24(31)27-7-3)15-19-20(25)9-8-10-21(19)26/h8-14,22H,5-7,15-16H2,1-4H3,(H,27,31). The number of sulfonamides is 1. The average molecular weight is 529 g/mol. The number of anilines is 1. The van der Waals surface area contributed by atoms with Crippen molar-refractivity contribution in [3.05, 3.63) is 63.6 Å². The summed E-state index contributed by atoms with van der Waals surface area (Å²) in [6, 6.07) is 11.1. The van der Waals surface area contributed by atoms with E-state index >= 15 is 0 Å². The van der Waals surface area contributed by atoms with E-state index in [1.54, 1.807) is 44.2 Å². The third kappa shape index (κ3) is 7.10. The van der Waals surface area contributed by atoms with Crippen molar-refractivity contribution in [2.24, 2.45) is 0 Å². The molecule has 1 atom stereocenters. The van der Waals surface area contributed by atoms with Gasteiger partial charge < -0.3 is 10.2 Å². The predicted molar refractivity (Wildman–Crippen MR) is 138 cm³/mol. The molecule has 2 aromatic rings. The van der Waals surface area contributed by atoms with Gasteiger partial charge in [-0.25, -0.2) is 8.42 Å². The predicted octanol–water partition coefficient (Wildman–Crippen LogP) is 4.27. The molecule has 0 aliphatic carbocycles. The lowest BCUT2D eigenvalue weighted by atomic mass is 10.1. The Morgan fingerprint density at radius 2 is 1.59 bits per heavy atom. The van der Waals surface area contributed by atoms with Crippen LogP contribution in [0.15, 0.2) is 42.5 Å². The maximum absolute atomic E-state index is 13.6. The fraction of sp³-hybridized carbons (Fsp3) is 0.417. The second-order valence-electron chi connectivity index (χ2n) is 7.83. The van der Waals surface area contributed by atoms with Gasteiger partial charge in [-0.3, -0.25) is 13.9 Å². The molecule has 34 heavy (non-hydrogen) atoms. The van der Waals surface area contributed by atoms with Gasteiger partial charge in [-0.05, 0) is 49.6 Å². The highest BCUT2D eigenvalue weighted by atomic mass is 35.5. The van der Waals surface area contributed by atoms with Crippen molar-refractivity contribution in [1.29, 1.82) is 0 Å². The van der Waals surface area contributed by atoms with E-state index in [0.717, 1.165) is 22.5 Å². The zero-order chi connectivity index (χ0) is 25.5. The highest BCUT2D eigenvalue weighted by Crippen LogP contribution is 2.27. The second-order valence-corrected chi connectivity index (χ2v) is 10.6. The summed E-state index contributed by atoms with van der Waals surface area (Å²) in [5.41, 5.74) is 1.90. The topological polar surface area (TPSA) is 86.8 Å². The Balaban J connectivity index is 2.48. The molecular weight excluding hydrogens is 497 g/mol. The molecule has 0 spiro atoms. The number of likely N-dealkylation sites (N-methyl/N-ethyl adjacent to an activating group) is 1. The van der Waals surface area contributed by atoms with Crippen molar-refractivity contribution in [2.45, 2.75) is 46.2 Å². The van der Waals surface area contributed by atoms with Crippen LogP contribution in [-0.4, -0.2) is 50.5 Å². The molecule has 0 saturated carbocycles. The third-order valence-corrected chi connectivity index (χ3v) is 7.29. The maximum Gasteiger partial charge on any atom is 0.244 e. The molecule has 0 bridgehead atoms. The van der Waals surface area contributed by atoms with Crippen LogP contribution in [-0.2, 0) is 32.6 Å². The molecule has 2 rings (SSSR count). The maximum atomic E-state index is 13.6. The molecule has 10 heteroatoms. The number of hydrogen-bond acceptors (Lipinski definition) is 4. The van der Waals surface area contributed by atoms with Crippen molar-refractivity contribution in [3.8, 4) is 0 Å². The van der Waals surface area contributed by atoms with Crippen molar-refractivity contribution < 1.29 is 18.0 Å². The summed E-state index contributed by atoms with van der Waals surface area (Å²) in [7, 11) is -3.79. The normalized spacial score (nSPS) is 12.2. The summed E-state index contributed by atoms with van der Waals surface area (Å²) in [6.45, 7) is 5.45. The molecule has 1 unspecified atom stereocenters. The summed E-state index contributed by atoms with van der Waals surface area (Å²) in [4.78, 5) is 27.7. The van der Waals surface area contributed by atoms with Gasteiger partial charge in [0.05, 0.1) is 11.9 Å². The minimum Gasteiger partial charge on any atom is -0.355 e. The van der Waals surface area contributed by atoms with Crippen LogP contribution in [0.4, 0.5) is 5.69 Å². The molecule has 2 aromatic carbocycles. The Bertz CT molecular complexity index is 1090. The van der Waals surface area contributed by atoms with Crippen LogP contribution in [0, 0.1) is 0 Å². The fourth-order valence-corrected chi connectivity index (χ4v) is 4.94. The molecule has 2 amide bonds. The van der Waals surface area contributed by atoms with E-state index in [0.29, 0.717) is 34.3 Å². The summed E-state index contributed by atoms with van der Waals surface area (Å²) < 4.78 is 26.3. The monoisotopic (exact) mass is 527 g/mol. The molecule has 0 saturated heterocycles. The second kappa shape index (κ2) is 12.4. The van der Waals surface area contributed by atoms with Crippen molar-refractivity contribution >= 4 is 50.7 Å². The van der Waals surface area contributed by atoms with Crippen LogP contribution in [0.25, 0.3) is 0 Å². The van der Waals surface area contributed by atoms with Crippen molar-refractivity contribution in [2.75, 3.05) is 23.7 Å². The highest BCUT2D eigenvalue weighted by Gasteiger charge is 2.32. The Hall–Kier alpha value is -2.29. The van der Waals surface area contributed by atoms with Gasteiger partial charge in [0.1, 0.15) is 12.6 Å². The molecule has 0 aliphatic rings. The van der Waals surface area contributed by atoms with Gasteiger partial charge in [0.25, 0.3) is 0 Å². The first-order valence-corrected chi connectivity index (χ1v) is 13.7. The first-order chi connectivity index (χ1) is 16.0. The van der Waals surface area contributed by atoms with E-state index in [4.69, 9.17) is 23.2 Å². The molecule has 0 heterocycles. The lowest BCUT2D eigenvalue weighted by Gasteiger charge is -2.33. The summed E-state index contributed by atoms with van der Waals surface area (Å²) in [5, 5.41) is 3.45. The smallest absolute Gasteiger partial charge is 0.244 e. The first kappa shape index (κ1) is 28.0. The van der Waals surface area contributed by atoms with Crippen LogP contribution in [0.1, 0.15) is 38.3 Å². The van der Waals surface area contributed by atoms with Gasteiger partial charge in [-0.15, -0.1) is 0 Å². The molecule has 0 aliphatic heterocycles. The summed E-state index contributed by atoms with van der Waals surface area (Å²) in [5.74, 6) is -0.876. The summed E-state index contributed by atoms with van der Waals surface area (Å²) >= 11 is 12.7. The van der Waals surface area contributed by atoms with Crippen LogP contribution in [0.2, 0.25) is 10.0 Å². The highest BCUT2D eigenvalue weighted by molar-refractivity contribution is 7.92. The number of aryl methyl sites for hydroxylation is 1. The molecular formula is C24H31Cl2N3O4S. The Morgan fingerprint density at radius 3 is 2.06 bits per heavy atom. The SMILES string of the molecule is CCNC(=O)C(CC)N(Cc1c(Cl)cccc1Cl)C(=O)CN(c1ccc(CC)cc1)S(C)(=O)=O. The number of hydrogen-bond donors (Lipinski definition) is 1. The number of carbonyl (C=O) groups excluding carboxylic acids is 2. The van der Waals surface area contributed by atoms with Crippen LogP contribution < -0.4 is 9.62 Å². The van der Waals surface area contributed by atoms with Gasteiger partial charge in [0.15, 0.2) is 0 Å². The third-order valence-electron chi connectivity index (χ3n) is 5.44.